The lowest BCUT2D eigenvalue weighted by Gasteiger charge is -2.38. The molecule has 0 radical (unpaired) electrons. The van der Waals surface area contributed by atoms with Gasteiger partial charge in [-0.15, -0.1) is 0 Å². The van der Waals surface area contributed by atoms with E-state index in [2.05, 4.69) is 22.3 Å². The number of nitrogens with one attached hydrogen (secondary N) is 1. The van der Waals surface area contributed by atoms with Crippen LogP contribution in [0.5, 0.6) is 0 Å². The van der Waals surface area contributed by atoms with Crippen LogP contribution >= 0.6 is 11.6 Å². The Balaban J connectivity index is 1.62. The maximum Gasteiger partial charge on any atom is 0.251 e. The molecule has 29 heavy (non-hydrogen) atoms. The molecule has 4 nitrogen and oxygen atoms in total. The number of carbonyl (C=O) groups is 2. The first-order valence-corrected chi connectivity index (χ1v) is 10.6. The third kappa shape index (κ3) is 5.68. The van der Waals surface area contributed by atoms with Crippen molar-refractivity contribution in [2.75, 3.05) is 19.6 Å². The lowest BCUT2D eigenvalue weighted by molar-refractivity contribution is -0.116. The topological polar surface area (TPSA) is 49.4 Å². The molecule has 1 fully saturated rings. The highest BCUT2D eigenvalue weighted by molar-refractivity contribution is 6.30. The Morgan fingerprint density at radius 1 is 1.14 bits per heavy atom. The van der Waals surface area contributed by atoms with E-state index in [4.69, 9.17) is 11.6 Å². The minimum Gasteiger partial charge on any atom is -0.347 e. The summed E-state index contributed by atoms with van der Waals surface area (Å²) in [6.07, 6.45) is 3.06. The van der Waals surface area contributed by atoms with E-state index in [-0.39, 0.29) is 11.9 Å². The zero-order chi connectivity index (χ0) is 20.9. The molecule has 1 unspecified atom stereocenters. The first-order valence-electron chi connectivity index (χ1n) is 10.2. The zero-order valence-electron chi connectivity index (χ0n) is 17.1. The molecule has 1 atom stereocenters. The number of hydrogen-bond acceptors (Lipinski definition) is 3. The Morgan fingerprint density at radius 3 is 2.34 bits per heavy atom. The average Bonchev–Trinajstić information content (AvgIpc) is 2.75. The second-order valence-corrected chi connectivity index (χ2v) is 8.89. The number of halogens is 1. The van der Waals surface area contributed by atoms with E-state index >= 15 is 0 Å². The Morgan fingerprint density at radius 2 is 1.76 bits per heavy atom. The van der Waals surface area contributed by atoms with Crippen LogP contribution in [0.25, 0.3) is 0 Å². The van der Waals surface area contributed by atoms with Crippen molar-refractivity contribution in [3.63, 3.8) is 0 Å². The summed E-state index contributed by atoms with van der Waals surface area (Å²) in [4.78, 5) is 26.7. The van der Waals surface area contributed by atoms with E-state index in [1.807, 2.05) is 44.2 Å². The molecule has 1 amide bonds. The van der Waals surface area contributed by atoms with Gasteiger partial charge in [0.1, 0.15) is 6.29 Å². The second-order valence-electron chi connectivity index (χ2n) is 8.46. The largest absolute Gasteiger partial charge is 0.347 e. The van der Waals surface area contributed by atoms with Crippen LogP contribution in [-0.2, 0) is 4.79 Å². The fourth-order valence-corrected chi connectivity index (χ4v) is 3.95. The molecule has 1 aliphatic rings. The fraction of sp³-hybridized carbons (Fsp3) is 0.417. The molecule has 0 aromatic heterocycles. The summed E-state index contributed by atoms with van der Waals surface area (Å²) in [6.45, 7) is 6.32. The van der Waals surface area contributed by atoms with Crippen molar-refractivity contribution < 1.29 is 9.59 Å². The third-order valence-electron chi connectivity index (χ3n) is 5.91. The minimum absolute atomic E-state index is 0.137. The number of likely N-dealkylation sites (tertiary alicyclic amines) is 1. The molecular formula is C24H29ClN2O2. The normalized spacial score (nSPS) is 16.9. The quantitative estimate of drug-likeness (QED) is 0.679. The summed E-state index contributed by atoms with van der Waals surface area (Å²) in [6, 6.07) is 17.0. The van der Waals surface area contributed by atoms with Gasteiger partial charge in [-0.2, -0.15) is 0 Å². The van der Waals surface area contributed by atoms with Gasteiger partial charge in [-0.25, -0.2) is 0 Å². The highest BCUT2D eigenvalue weighted by Gasteiger charge is 2.33. The Labute approximate surface area is 178 Å². The summed E-state index contributed by atoms with van der Waals surface area (Å²) in [5.41, 5.74) is 1.30. The maximum absolute atomic E-state index is 12.7. The predicted molar refractivity (Wildman–Crippen MR) is 117 cm³/mol. The summed E-state index contributed by atoms with van der Waals surface area (Å²) >= 11 is 6.00. The molecule has 2 aromatic rings. The van der Waals surface area contributed by atoms with Crippen molar-refractivity contribution in [1.29, 1.82) is 0 Å². The molecule has 0 bridgehead atoms. The maximum atomic E-state index is 12.7. The number of piperidine rings is 1. The minimum atomic E-state index is -0.641. The van der Waals surface area contributed by atoms with Gasteiger partial charge in [0, 0.05) is 22.5 Å². The molecule has 1 N–H and O–H groups in total. The van der Waals surface area contributed by atoms with E-state index in [9.17, 15) is 9.59 Å². The summed E-state index contributed by atoms with van der Waals surface area (Å²) in [5.74, 6) is 0.390. The lowest BCUT2D eigenvalue weighted by atomic mass is 9.84. The number of benzene rings is 2. The molecule has 3 rings (SSSR count). The van der Waals surface area contributed by atoms with Gasteiger partial charge in [-0.1, -0.05) is 55.8 Å². The van der Waals surface area contributed by atoms with Gasteiger partial charge in [0.25, 0.3) is 5.91 Å². The third-order valence-corrected chi connectivity index (χ3v) is 6.16. The Hall–Kier alpha value is -2.17. The van der Waals surface area contributed by atoms with Crippen molar-refractivity contribution in [2.24, 2.45) is 5.41 Å². The molecule has 0 saturated carbocycles. The second kappa shape index (κ2) is 9.55. The smallest absolute Gasteiger partial charge is 0.251 e. The van der Waals surface area contributed by atoms with Gasteiger partial charge in [-0.3, -0.25) is 4.79 Å². The number of nitrogens with zero attached hydrogens (tertiary/aromatic N) is 1. The van der Waals surface area contributed by atoms with Gasteiger partial charge < -0.3 is 15.0 Å². The fourth-order valence-electron chi connectivity index (χ4n) is 3.82. The molecule has 1 saturated heterocycles. The van der Waals surface area contributed by atoms with E-state index in [0.29, 0.717) is 18.0 Å². The molecular weight excluding hydrogens is 384 g/mol. The van der Waals surface area contributed by atoms with Crippen LogP contribution in [0.1, 0.15) is 48.5 Å². The van der Waals surface area contributed by atoms with E-state index in [0.717, 1.165) is 37.2 Å². The highest BCUT2D eigenvalue weighted by Crippen LogP contribution is 2.30. The average molecular weight is 413 g/mol. The number of aldehydes is 1. The first-order chi connectivity index (χ1) is 13.9. The van der Waals surface area contributed by atoms with Crippen LogP contribution in [0, 0.1) is 5.41 Å². The number of carbonyl (C=O) groups excluding carboxylic acids is 2. The summed E-state index contributed by atoms with van der Waals surface area (Å²) < 4.78 is 0. The van der Waals surface area contributed by atoms with Gasteiger partial charge in [0.2, 0.25) is 0 Å². The van der Waals surface area contributed by atoms with Crippen molar-refractivity contribution in [3.05, 3.63) is 70.7 Å². The molecule has 154 valence electrons. The Kier molecular flexibility index (Phi) is 7.09. The van der Waals surface area contributed by atoms with E-state index < -0.39 is 5.41 Å². The van der Waals surface area contributed by atoms with Crippen LogP contribution in [-0.4, -0.2) is 42.8 Å². The standard InChI is InChI=1S/C24H29ClN2O2/c1-24(2,17-28)22(26-23(29)20-6-4-3-5-7-20)16-27-14-12-19(13-15-27)18-8-10-21(25)11-9-18/h3-11,17,19,22H,12-16H2,1-2H3,(H,26,29). The number of amides is 1. The van der Waals surface area contributed by atoms with Gasteiger partial charge >= 0.3 is 0 Å². The van der Waals surface area contributed by atoms with Crippen LogP contribution < -0.4 is 5.32 Å². The molecule has 0 spiro atoms. The van der Waals surface area contributed by atoms with Crippen molar-refractivity contribution >= 4 is 23.8 Å². The highest BCUT2D eigenvalue weighted by atomic mass is 35.5. The number of rotatable bonds is 7. The Bertz CT molecular complexity index is 813. The van der Waals surface area contributed by atoms with Gasteiger partial charge in [0.15, 0.2) is 0 Å². The van der Waals surface area contributed by atoms with Crippen molar-refractivity contribution in [2.45, 2.75) is 38.6 Å². The molecule has 5 heteroatoms. The molecule has 2 aromatic carbocycles. The summed E-state index contributed by atoms with van der Waals surface area (Å²) in [5, 5.41) is 3.86. The van der Waals surface area contributed by atoms with Crippen LogP contribution in [0.2, 0.25) is 5.02 Å². The monoisotopic (exact) mass is 412 g/mol. The van der Waals surface area contributed by atoms with Gasteiger partial charge in [-0.05, 0) is 61.7 Å². The SMILES string of the molecule is CC(C)(C=O)C(CN1CCC(c2ccc(Cl)cc2)CC1)NC(=O)c1ccccc1. The van der Waals surface area contributed by atoms with Gasteiger partial charge in [0.05, 0.1) is 6.04 Å². The summed E-state index contributed by atoms with van der Waals surface area (Å²) in [7, 11) is 0. The molecule has 0 aliphatic carbocycles. The zero-order valence-corrected chi connectivity index (χ0v) is 17.9. The van der Waals surface area contributed by atoms with Crippen LogP contribution in [0.15, 0.2) is 54.6 Å². The predicted octanol–water partition coefficient (Wildman–Crippen LogP) is 4.54. The van der Waals surface area contributed by atoms with Crippen LogP contribution in [0.3, 0.4) is 0 Å². The van der Waals surface area contributed by atoms with Crippen molar-refractivity contribution in [1.82, 2.24) is 10.2 Å². The van der Waals surface area contributed by atoms with Crippen LogP contribution in [0.4, 0.5) is 0 Å². The lowest BCUT2D eigenvalue weighted by Crippen LogP contribution is -2.53. The molecule has 1 heterocycles. The number of hydrogen-bond donors (Lipinski definition) is 1. The van der Waals surface area contributed by atoms with E-state index in [1.54, 1.807) is 12.1 Å². The first kappa shape index (κ1) is 21.5. The molecule has 1 aliphatic heterocycles. The van der Waals surface area contributed by atoms with E-state index in [1.165, 1.54) is 5.56 Å². The van der Waals surface area contributed by atoms with Crippen molar-refractivity contribution in [3.8, 4) is 0 Å².